The number of ether oxygens (including phenoxy) is 2. The Morgan fingerprint density at radius 2 is 1.94 bits per heavy atom. The van der Waals surface area contributed by atoms with E-state index in [1.54, 1.807) is 15.9 Å². The van der Waals surface area contributed by atoms with Crippen molar-refractivity contribution in [3.63, 3.8) is 0 Å². The van der Waals surface area contributed by atoms with Gasteiger partial charge in [0.25, 0.3) is 0 Å². The van der Waals surface area contributed by atoms with Gasteiger partial charge in [0.15, 0.2) is 0 Å². The maximum absolute atomic E-state index is 14.4. The zero-order chi connectivity index (χ0) is 27.2. The first-order valence-corrected chi connectivity index (χ1v) is 13.0. The summed E-state index contributed by atoms with van der Waals surface area (Å²) in [7, 11) is 0. The Bertz CT molecular complexity index is 910. The molecule has 3 heterocycles. The number of amides is 2. The average molecular weight is 505 g/mol. The number of carbonyl (C=O) groups is 3. The van der Waals surface area contributed by atoms with Gasteiger partial charge in [-0.1, -0.05) is 39.5 Å². The molecular formula is C28H44N2O6. The fourth-order valence-corrected chi connectivity index (χ4v) is 6.73. The minimum absolute atomic E-state index is 0.0313. The van der Waals surface area contributed by atoms with Crippen LogP contribution in [0.5, 0.6) is 0 Å². The minimum atomic E-state index is -1.19. The van der Waals surface area contributed by atoms with Gasteiger partial charge in [-0.2, -0.15) is 0 Å². The van der Waals surface area contributed by atoms with Crippen LogP contribution in [0.4, 0.5) is 0 Å². The van der Waals surface area contributed by atoms with Gasteiger partial charge < -0.3 is 24.4 Å². The third-order valence-corrected chi connectivity index (χ3v) is 8.32. The Hall–Kier alpha value is -2.19. The van der Waals surface area contributed by atoms with Crippen LogP contribution in [0, 0.1) is 23.7 Å². The van der Waals surface area contributed by atoms with Gasteiger partial charge in [-0.15, -0.1) is 6.58 Å². The molecule has 202 valence electrons. The highest BCUT2D eigenvalue weighted by molar-refractivity contribution is 5.99. The molecule has 2 bridgehead atoms. The molecule has 3 rings (SSSR count). The van der Waals surface area contributed by atoms with Crippen LogP contribution in [0.3, 0.4) is 0 Å². The number of carbonyl (C=O) groups excluding carboxylic acids is 3. The fourth-order valence-electron chi connectivity index (χ4n) is 6.73. The van der Waals surface area contributed by atoms with Crippen molar-refractivity contribution in [2.75, 3.05) is 19.8 Å². The molecular weight excluding hydrogens is 460 g/mol. The van der Waals surface area contributed by atoms with Crippen molar-refractivity contribution in [2.45, 2.75) is 90.1 Å². The van der Waals surface area contributed by atoms with Gasteiger partial charge in [0.1, 0.15) is 24.2 Å². The Morgan fingerprint density at radius 3 is 2.44 bits per heavy atom. The molecule has 3 aliphatic heterocycles. The van der Waals surface area contributed by atoms with Gasteiger partial charge in [-0.25, -0.2) is 0 Å². The molecule has 1 spiro atoms. The lowest BCUT2D eigenvalue weighted by atomic mass is 9.62. The molecule has 0 aromatic rings. The summed E-state index contributed by atoms with van der Waals surface area (Å²) in [6.07, 6.45) is 4.14. The number of aliphatic hydroxyl groups is 1. The third-order valence-electron chi connectivity index (χ3n) is 8.32. The van der Waals surface area contributed by atoms with E-state index in [1.165, 1.54) is 6.08 Å². The van der Waals surface area contributed by atoms with Crippen LogP contribution in [-0.4, -0.2) is 81.3 Å². The van der Waals surface area contributed by atoms with E-state index in [0.717, 1.165) is 0 Å². The van der Waals surface area contributed by atoms with E-state index in [0.29, 0.717) is 19.4 Å². The summed E-state index contributed by atoms with van der Waals surface area (Å²) in [6, 6.07) is -1.54. The quantitative estimate of drug-likeness (QED) is 0.363. The summed E-state index contributed by atoms with van der Waals surface area (Å²) < 4.78 is 12.2. The third kappa shape index (κ3) is 4.30. The summed E-state index contributed by atoms with van der Waals surface area (Å²) in [4.78, 5) is 45.3. The molecule has 3 saturated heterocycles. The summed E-state index contributed by atoms with van der Waals surface area (Å²) in [5, 5.41) is 10.4. The molecule has 3 unspecified atom stereocenters. The van der Waals surface area contributed by atoms with E-state index < -0.39 is 46.6 Å². The van der Waals surface area contributed by atoms with Gasteiger partial charge in [0.05, 0.1) is 24.2 Å². The molecule has 7 atom stereocenters. The van der Waals surface area contributed by atoms with E-state index in [2.05, 4.69) is 13.2 Å². The van der Waals surface area contributed by atoms with Crippen molar-refractivity contribution in [2.24, 2.45) is 23.7 Å². The maximum Gasteiger partial charge on any atom is 0.313 e. The lowest BCUT2D eigenvalue weighted by Gasteiger charge is -2.43. The Balaban J connectivity index is 2.20. The zero-order valence-corrected chi connectivity index (χ0v) is 23.0. The molecule has 8 nitrogen and oxygen atoms in total. The average Bonchev–Trinajstić information content (AvgIpc) is 3.29. The topological polar surface area (TPSA) is 96.4 Å². The summed E-state index contributed by atoms with van der Waals surface area (Å²) >= 11 is 0. The monoisotopic (exact) mass is 504 g/mol. The Kier molecular flexibility index (Phi) is 7.83. The number of hydrogen-bond donors (Lipinski definition) is 1. The molecule has 3 fully saturated rings. The number of rotatable bonds is 10. The molecule has 0 saturated carbocycles. The van der Waals surface area contributed by atoms with E-state index in [4.69, 9.17) is 9.47 Å². The number of esters is 1. The fraction of sp³-hybridized carbons (Fsp3) is 0.750. The predicted molar refractivity (Wildman–Crippen MR) is 137 cm³/mol. The van der Waals surface area contributed by atoms with Crippen molar-refractivity contribution >= 4 is 17.8 Å². The standard InChI is InChI=1S/C28H44N2O6/c1-10-12-29(26(6,7)8)24(33)22-28-15-18(5)27(9,36-28)21(25(34)35-13-11-2)20(28)23(32)30(22)19(16-31)14-17(3)4/h10-11,17-22,31H,1-2,12-16H2,3-9H3/t18?,19-,20+,21-,22?,27+,28?/m1/s1. The first kappa shape index (κ1) is 28.4. The van der Waals surface area contributed by atoms with Gasteiger partial charge in [-0.05, 0) is 52.4 Å². The Morgan fingerprint density at radius 1 is 1.31 bits per heavy atom. The zero-order valence-electron chi connectivity index (χ0n) is 23.0. The van der Waals surface area contributed by atoms with Crippen molar-refractivity contribution in [1.82, 2.24) is 9.80 Å². The second-order valence-corrected chi connectivity index (χ2v) is 12.2. The molecule has 0 aromatic heterocycles. The normalized spacial score (nSPS) is 34.0. The van der Waals surface area contributed by atoms with Crippen LogP contribution in [-0.2, 0) is 23.9 Å². The van der Waals surface area contributed by atoms with E-state index in [-0.39, 0.29) is 36.9 Å². The highest BCUT2D eigenvalue weighted by Gasteiger charge is 2.80. The van der Waals surface area contributed by atoms with E-state index in [1.807, 2.05) is 48.5 Å². The lowest BCUT2D eigenvalue weighted by Crippen LogP contribution is -2.61. The molecule has 3 aliphatic rings. The van der Waals surface area contributed by atoms with Crippen LogP contribution in [0.25, 0.3) is 0 Å². The lowest BCUT2D eigenvalue weighted by molar-refractivity contribution is -0.164. The molecule has 8 heteroatoms. The summed E-state index contributed by atoms with van der Waals surface area (Å²) in [5.74, 6) is -2.71. The summed E-state index contributed by atoms with van der Waals surface area (Å²) in [5.41, 5.74) is -2.67. The number of nitrogens with zero attached hydrogens (tertiary/aromatic N) is 2. The highest BCUT2D eigenvalue weighted by atomic mass is 16.6. The van der Waals surface area contributed by atoms with Crippen LogP contribution in [0.15, 0.2) is 25.3 Å². The van der Waals surface area contributed by atoms with Crippen LogP contribution in [0.2, 0.25) is 0 Å². The molecule has 0 aromatic carbocycles. The molecule has 0 aliphatic carbocycles. The van der Waals surface area contributed by atoms with E-state index in [9.17, 15) is 19.5 Å². The number of likely N-dealkylation sites (tertiary alicyclic amines) is 1. The first-order valence-electron chi connectivity index (χ1n) is 13.0. The Labute approximate surface area is 215 Å². The predicted octanol–water partition coefficient (Wildman–Crippen LogP) is 2.95. The summed E-state index contributed by atoms with van der Waals surface area (Å²) in [6.45, 7) is 21.2. The minimum Gasteiger partial charge on any atom is -0.461 e. The highest BCUT2D eigenvalue weighted by Crippen LogP contribution is 2.65. The van der Waals surface area contributed by atoms with Gasteiger partial charge >= 0.3 is 5.97 Å². The van der Waals surface area contributed by atoms with Crippen molar-refractivity contribution in [1.29, 1.82) is 0 Å². The van der Waals surface area contributed by atoms with Crippen molar-refractivity contribution < 1.29 is 29.0 Å². The van der Waals surface area contributed by atoms with Gasteiger partial charge in [0, 0.05) is 12.1 Å². The SMILES string of the molecule is C=CCOC(=O)[C@H]1[C@H]2C(=O)N([C@@H](CO)CC(C)C)C(C(=O)N(CC=C)C(C)(C)C)C23CC(C)[C@]1(C)O3. The van der Waals surface area contributed by atoms with Crippen molar-refractivity contribution in [3.05, 3.63) is 25.3 Å². The molecule has 0 radical (unpaired) electrons. The first-order chi connectivity index (χ1) is 16.7. The van der Waals surface area contributed by atoms with Gasteiger partial charge in [0.2, 0.25) is 11.8 Å². The number of hydrogen-bond acceptors (Lipinski definition) is 6. The largest absolute Gasteiger partial charge is 0.461 e. The number of fused-ring (bicyclic) bond motifs is 1. The second kappa shape index (κ2) is 9.93. The molecule has 2 amide bonds. The maximum atomic E-state index is 14.4. The molecule has 36 heavy (non-hydrogen) atoms. The van der Waals surface area contributed by atoms with Crippen LogP contribution >= 0.6 is 0 Å². The van der Waals surface area contributed by atoms with Gasteiger partial charge in [-0.3, -0.25) is 14.4 Å². The van der Waals surface area contributed by atoms with Crippen LogP contribution in [0.1, 0.15) is 61.3 Å². The molecule has 1 N–H and O–H groups in total. The van der Waals surface area contributed by atoms with Crippen molar-refractivity contribution in [3.8, 4) is 0 Å². The second-order valence-electron chi connectivity index (χ2n) is 12.2. The number of aliphatic hydroxyl groups excluding tert-OH is 1. The van der Waals surface area contributed by atoms with E-state index >= 15 is 0 Å². The smallest absolute Gasteiger partial charge is 0.313 e. The van der Waals surface area contributed by atoms with Crippen LogP contribution < -0.4 is 0 Å².